The topological polar surface area (TPSA) is 62.5 Å². The van der Waals surface area contributed by atoms with E-state index < -0.39 is 18.6 Å². The predicted octanol–water partition coefficient (Wildman–Crippen LogP) is 1.47. The summed E-state index contributed by atoms with van der Waals surface area (Å²) in [7, 11) is 0. The number of carbonyl (C=O) groups is 1. The van der Waals surface area contributed by atoms with Gasteiger partial charge in [0, 0.05) is 12.4 Å². The first-order chi connectivity index (χ1) is 8.11. The molecule has 1 unspecified atom stereocenters. The Bertz CT molecular complexity index is 437. The molecule has 2 heterocycles. The largest absolute Gasteiger partial charge is 0.350 e. The molecule has 1 aliphatic rings. The molecule has 0 saturated heterocycles. The van der Waals surface area contributed by atoms with Gasteiger partial charge in [0.1, 0.15) is 6.04 Å². The number of rotatable bonds is 2. The van der Waals surface area contributed by atoms with Gasteiger partial charge in [-0.3, -0.25) is 4.98 Å². The van der Waals surface area contributed by atoms with Crippen LogP contribution in [-0.4, -0.2) is 27.6 Å². The Morgan fingerprint density at radius 1 is 1.47 bits per heavy atom. The maximum absolute atomic E-state index is 12.6. The number of carbonyl (C=O) groups excluding carboxylic acids is 1. The normalized spacial score (nSPS) is 19.1. The fraction of sp³-hybridized carbons (Fsp3) is 0.200. The molecular formula is C10H10F2N4O. The number of halogens is 2. The number of hydrazine groups is 1. The van der Waals surface area contributed by atoms with E-state index >= 15 is 0 Å². The van der Waals surface area contributed by atoms with Crippen molar-refractivity contribution in [2.75, 3.05) is 0 Å². The number of hydrogen-bond donors (Lipinski definition) is 1. The van der Waals surface area contributed by atoms with E-state index in [2.05, 4.69) is 4.98 Å². The monoisotopic (exact) mass is 240 g/mol. The summed E-state index contributed by atoms with van der Waals surface area (Å²) in [5, 5.41) is 1.26. The number of pyridine rings is 1. The molecule has 0 saturated carbocycles. The minimum absolute atomic E-state index is 0.478. The number of aromatic nitrogens is 1. The lowest BCUT2D eigenvalue weighted by Gasteiger charge is -2.30. The Labute approximate surface area is 96.1 Å². The van der Waals surface area contributed by atoms with E-state index in [1.807, 2.05) is 0 Å². The first-order valence-electron chi connectivity index (χ1n) is 4.85. The summed E-state index contributed by atoms with van der Waals surface area (Å²) in [6, 6.07) is 3.40. The molecule has 7 heteroatoms. The van der Waals surface area contributed by atoms with Gasteiger partial charge in [-0.15, -0.1) is 0 Å². The second kappa shape index (κ2) is 4.36. The number of urea groups is 1. The number of nitrogens with two attached hydrogens (primary N) is 1. The first kappa shape index (κ1) is 11.3. The molecule has 5 nitrogen and oxygen atoms in total. The molecule has 17 heavy (non-hydrogen) atoms. The van der Waals surface area contributed by atoms with Crippen LogP contribution in [-0.2, 0) is 0 Å². The highest BCUT2D eigenvalue weighted by atomic mass is 19.3. The van der Waals surface area contributed by atoms with Gasteiger partial charge < -0.3 is 5.73 Å². The quantitative estimate of drug-likeness (QED) is 0.796. The van der Waals surface area contributed by atoms with Gasteiger partial charge in [0.2, 0.25) is 0 Å². The summed E-state index contributed by atoms with van der Waals surface area (Å²) in [5.74, 6) is 0. The summed E-state index contributed by atoms with van der Waals surface area (Å²) in [6.07, 6.45) is 4.08. The van der Waals surface area contributed by atoms with Crippen LogP contribution in [0.5, 0.6) is 0 Å². The highest BCUT2D eigenvalue weighted by Crippen LogP contribution is 2.29. The van der Waals surface area contributed by atoms with Gasteiger partial charge in [-0.25, -0.2) is 14.8 Å². The molecule has 0 fully saturated rings. The van der Waals surface area contributed by atoms with Gasteiger partial charge in [0.15, 0.2) is 0 Å². The standard InChI is InChI=1S/C10H10F2N4O/c11-9(12)15-6-4-8(16(15)10(13)17)7-3-1-2-5-14-7/h1-6,8-9H,(H2,13,17). The van der Waals surface area contributed by atoms with Crippen LogP contribution in [0.15, 0.2) is 36.7 Å². The average Bonchev–Trinajstić information content (AvgIpc) is 2.74. The fourth-order valence-electron chi connectivity index (χ4n) is 1.65. The predicted molar refractivity (Wildman–Crippen MR) is 55.4 cm³/mol. The minimum Gasteiger partial charge on any atom is -0.350 e. The number of primary amides is 1. The molecule has 1 aliphatic heterocycles. The summed E-state index contributed by atoms with van der Waals surface area (Å²) in [5.41, 5.74) is 5.58. The minimum atomic E-state index is -2.83. The molecule has 1 aromatic rings. The Kier molecular flexibility index (Phi) is 2.90. The summed E-state index contributed by atoms with van der Waals surface area (Å²) in [4.78, 5) is 15.2. The third-order valence-electron chi connectivity index (χ3n) is 2.35. The maximum Gasteiger partial charge on any atom is 0.334 e. The molecule has 2 N–H and O–H groups in total. The average molecular weight is 240 g/mol. The van der Waals surface area contributed by atoms with Gasteiger partial charge in [0.25, 0.3) is 0 Å². The molecule has 0 aromatic carbocycles. The van der Waals surface area contributed by atoms with E-state index in [0.717, 1.165) is 11.2 Å². The van der Waals surface area contributed by atoms with E-state index in [4.69, 9.17) is 5.73 Å². The number of alkyl halides is 2. The van der Waals surface area contributed by atoms with Crippen molar-refractivity contribution in [3.05, 3.63) is 42.4 Å². The first-order valence-corrected chi connectivity index (χ1v) is 4.85. The summed E-state index contributed by atoms with van der Waals surface area (Å²) >= 11 is 0. The zero-order valence-electron chi connectivity index (χ0n) is 8.70. The number of amides is 2. The van der Waals surface area contributed by atoms with E-state index in [-0.39, 0.29) is 0 Å². The molecule has 2 rings (SSSR count). The van der Waals surface area contributed by atoms with Crippen molar-refractivity contribution in [3.8, 4) is 0 Å². The van der Waals surface area contributed by atoms with Crippen LogP contribution in [0.1, 0.15) is 11.7 Å². The van der Waals surface area contributed by atoms with Crippen molar-refractivity contribution in [2.45, 2.75) is 12.6 Å². The lowest BCUT2D eigenvalue weighted by atomic mass is 10.2. The zero-order valence-corrected chi connectivity index (χ0v) is 8.70. The Hall–Kier alpha value is -2.18. The van der Waals surface area contributed by atoms with Crippen LogP contribution in [0.25, 0.3) is 0 Å². The molecular weight excluding hydrogens is 230 g/mol. The smallest absolute Gasteiger partial charge is 0.334 e. The van der Waals surface area contributed by atoms with Crippen LogP contribution in [0.2, 0.25) is 0 Å². The molecule has 1 aromatic heterocycles. The van der Waals surface area contributed by atoms with Crippen LogP contribution < -0.4 is 5.73 Å². The summed E-state index contributed by atoms with van der Waals surface area (Å²) < 4.78 is 25.3. The van der Waals surface area contributed by atoms with Gasteiger partial charge in [-0.1, -0.05) is 6.07 Å². The van der Waals surface area contributed by atoms with Crippen molar-refractivity contribution in [1.29, 1.82) is 0 Å². The van der Waals surface area contributed by atoms with Crippen LogP contribution in [0, 0.1) is 0 Å². The number of nitrogens with zero attached hydrogens (tertiary/aromatic N) is 3. The highest BCUT2D eigenvalue weighted by molar-refractivity contribution is 5.73. The Morgan fingerprint density at radius 2 is 2.24 bits per heavy atom. The Balaban J connectivity index is 2.31. The van der Waals surface area contributed by atoms with Crippen LogP contribution in [0.3, 0.4) is 0 Å². The van der Waals surface area contributed by atoms with Crippen molar-refractivity contribution in [3.63, 3.8) is 0 Å². The molecule has 0 spiro atoms. The van der Waals surface area contributed by atoms with Gasteiger partial charge in [-0.05, 0) is 18.2 Å². The van der Waals surface area contributed by atoms with Crippen LogP contribution in [0.4, 0.5) is 13.6 Å². The van der Waals surface area contributed by atoms with Crippen molar-refractivity contribution < 1.29 is 13.6 Å². The maximum atomic E-state index is 12.6. The fourth-order valence-corrected chi connectivity index (χ4v) is 1.65. The van der Waals surface area contributed by atoms with Crippen molar-refractivity contribution >= 4 is 6.03 Å². The SMILES string of the molecule is NC(=O)N1C(c2ccccn2)C=CN1C(F)F. The molecule has 0 aliphatic carbocycles. The third-order valence-corrected chi connectivity index (χ3v) is 2.35. The van der Waals surface area contributed by atoms with Gasteiger partial charge in [0.05, 0.1) is 5.69 Å². The van der Waals surface area contributed by atoms with E-state index in [0.29, 0.717) is 10.7 Å². The second-order valence-corrected chi connectivity index (χ2v) is 3.38. The van der Waals surface area contributed by atoms with E-state index in [1.165, 1.54) is 12.3 Å². The van der Waals surface area contributed by atoms with Crippen molar-refractivity contribution in [2.24, 2.45) is 5.73 Å². The summed E-state index contributed by atoms with van der Waals surface area (Å²) in [6.45, 7) is -2.83. The van der Waals surface area contributed by atoms with Crippen molar-refractivity contribution in [1.82, 2.24) is 15.0 Å². The lowest BCUT2D eigenvalue weighted by Crippen LogP contribution is -2.47. The van der Waals surface area contributed by atoms with E-state index in [9.17, 15) is 13.6 Å². The van der Waals surface area contributed by atoms with E-state index in [1.54, 1.807) is 18.2 Å². The third kappa shape index (κ3) is 2.03. The molecule has 0 radical (unpaired) electrons. The molecule has 2 amide bonds. The molecule has 1 atom stereocenters. The highest BCUT2D eigenvalue weighted by Gasteiger charge is 2.35. The Morgan fingerprint density at radius 3 is 2.76 bits per heavy atom. The van der Waals surface area contributed by atoms with Gasteiger partial charge >= 0.3 is 12.6 Å². The molecule has 0 bridgehead atoms. The van der Waals surface area contributed by atoms with Crippen LogP contribution >= 0.6 is 0 Å². The lowest BCUT2D eigenvalue weighted by molar-refractivity contribution is -0.0993. The number of hydrogen-bond acceptors (Lipinski definition) is 3. The van der Waals surface area contributed by atoms with Gasteiger partial charge in [-0.2, -0.15) is 8.78 Å². The second-order valence-electron chi connectivity index (χ2n) is 3.38. The molecule has 90 valence electrons. The zero-order chi connectivity index (χ0) is 12.4.